The Labute approximate surface area is 138 Å². The van der Waals surface area contributed by atoms with E-state index in [2.05, 4.69) is 5.32 Å². The standard InChI is InChI=1S/C14H9ClINO4/c15-9-3-1-2-8(14(20)21)12(9)17-13(19)7-4-5-10(16)11(18)6-7/h1-6,18H,(H,17,19)(H,20,21). The highest BCUT2D eigenvalue weighted by Crippen LogP contribution is 2.27. The predicted octanol–water partition coefficient (Wildman–Crippen LogP) is 3.60. The van der Waals surface area contributed by atoms with Crippen molar-refractivity contribution in [2.75, 3.05) is 5.32 Å². The van der Waals surface area contributed by atoms with Gasteiger partial charge in [-0.1, -0.05) is 17.7 Å². The molecular weight excluding hydrogens is 409 g/mol. The maximum atomic E-state index is 12.1. The van der Waals surface area contributed by atoms with Crippen molar-refractivity contribution in [3.8, 4) is 5.75 Å². The van der Waals surface area contributed by atoms with Crippen LogP contribution in [0.25, 0.3) is 0 Å². The van der Waals surface area contributed by atoms with Gasteiger partial charge in [-0.15, -0.1) is 0 Å². The fourth-order valence-corrected chi connectivity index (χ4v) is 2.23. The van der Waals surface area contributed by atoms with E-state index in [4.69, 9.17) is 16.7 Å². The van der Waals surface area contributed by atoms with Crippen molar-refractivity contribution in [2.24, 2.45) is 0 Å². The molecule has 108 valence electrons. The number of aromatic carboxylic acids is 1. The highest BCUT2D eigenvalue weighted by molar-refractivity contribution is 14.1. The summed E-state index contributed by atoms with van der Waals surface area (Å²) in [5.74, 6) is -1.78. The second-order valence-corrected chi connectivity index (χ2v) is 5.66. The summed E-state index contributed by atoms with van der Waals surface area (Å²) in [7, 11) is 0. The molecule has 0 aliphatic rings. The number of carboxylic acid groups (broad SMARTS) is 1. The molecule has 0 radical (unpaired) electrons. The minimum Gasteiger partial charge on any atom is -0.507 e. The van der Waals surface area contributed by atoms with Crippen molar-refractivity contribution in [3.05, 3.63) is 56.1 Å². The van der Waals surface area contributed by atoms with Gasteiger partial charge in [-0.3, -0.25) is 4.79 Å². The minimum absolute atomic E-state index is 0.0229. The lowest BCUT2D eigenvalue weighted by Crippen LogP contribution is -2.15. The van der Waals surface area contributed by atoms with Crippen molar-refractivity contribution in [1.82, 2.24) is 0 Å². The van der Waals surface area contributed by atoms with Crippen molar-refractivity contribution in [2.45, 2.75) is 0 Å². The van der Waals surface area contributed by atoms with Gasteiger partial charge in [0.25, 0.3) is 5.91 Å². The predicted molar refractivity (Wildman–Crippen MR) is 87.2 cm³/mol. The number of phenols is 1. The minimum atomic E-state index is -1.20. The van der Waals surface area contributed by atoms with E-state index in [1.165, 1.54) is 30.3 Å². The molecule has 21 heavy (non-hydrogen) atoms. The number of carbonyl (C=O) groups excluding carboxylic acids is 1. The molecule has 1 amide bonds. The fourth-order valence-electron chi connectivity index (χ4n) is 1.67. The van der Waals surface area contributed by atoms with Gasteiger partial charge < -0.3 is 15.5 Å². The van der Waals surface area contributed by atoms with E-state index < -0.39 is 11.9 Å². The Morgan fingerprint density at radius 3 is 2.52 bits per heavy atom. The van der Waals surface area contributed by atoms with E-state index in [1.54, 1.807) is 6.07 Å². The number of amides is 1. The molecule has 0 aromatic heterocycles. The van der Waals surface area contributed by atoms with Gasteiger partial charge in [-0.2, -0.15) is 0 Å². The van der Waals surface area contributed by atoms with E-state index >= 15 is 0 Å². The smallest absolute Gasteiger partial charge is 0.337 e. The van der Waals surface area contributed by atoms with Crippen molar-refractivity contribution in [1.29, 1.82) is 0 Å². The number of carbonyl (C=O) groups is 2. The summed E-state index contributed by atoms with van der Waals surface area (Å²) in [5, 5.41) is 21.3. The van der Waals surface area contributed by atoms with Crippen molar-refractivity contribution in [3.63, 3.8) is 0 Å². The van der Waals surface area contributed by atoms with Gasteiger partial charge in [0.05, 0.1) is 19.8 Å². The number of hydrogen-bond donors (Lipinski definition) is 3. The third kappa shape index (κ3) is 3.45. The SMILES string of the molecule is O=C(Nc1c(Cl)cccc1C(=O)O)c1ccc(I)c(O)c1. The number of hydrogen-bond acceptors (Lipinski definition) is 3. The Morgan fingerprint density at radius 2 is 1.90 bits per heavy atom. The summed E-state index contributed by atoms with van der Waals surface area (Å²) in [6.45, 7) is 0. The zero-order chi connectivity index (χ0) is 15.6. The van der Waals surface area contributed by atoms with Gasteiger partial charge in [0.2, 0.25) is 0 Å². The highest BCUT2D eigenvalue weighted by atomic mass is 127. The zero-order valence-corrected chi connectivity index (χ0v) is 13.3. The lowest BCUT2D eigenvalue weighted by atomic mass is 10.1. The zero-order valence-electron chi connectivity index (χ0n) is 10.4. The molecule has 0 saturated heterocycles. The Balaban J connectivity index is 2.36. The van der Waals surface area contributed by atoms with Gasteiger partial charge in [-0.25, -0.2) is 4.79 Å². The molecule has 0 aliphatic carbocycles. The topological polar surface area (TPSA) is 86.6 Å². The summed E-state index contributed by atoms with van der Waals surface area (Å²) in [5.41, 5.74) is 0.115. The van der Waals surface area contributed by atoms with E-state index in [-0.39, 0.29) is 27.6 Å². The summed E-state index contributed by atoms with van der Waals surface area (Å²) < 4.78 is 0.605. The molecule has 7 heteroatoms. The Morgan fingerprint density at radius 1 is 1.19 bits per heavy atom. The van der Waals surface area contributed by atoms with Gasteiger partial charge >= 0.3 is 5.97 Å². The number of aromatic hydroxyl groups is 1. The maximum Gasteiger partial charge on any atom is 0.337 e. The fraction of sp³-hybridized carbons (Fsp3) is 0. The van der Waals surface area contributed by atoms with Crippen LogP contribution in [0.1, 0.15) is 20.7 Å². The van der Waals surface area contributed by atoms with Crippen LogP contribution in [0, 0.1) is 3.57 Å². The van der Waals surface area contributed by atoms with Crippen LogP contribution in [0.15, 0.2) is 36.4 Å². The number of phenolic OH excluding ortho intramolecular Hbond substituents is 1. The molecule has 0 heterocycles. The maximum absolute atomic E-state index is 12.1. The molecule has 2 aromatic carbocycles. The lowest BCUT2D eigenvalue weighted by Gasteiger charge is -2.10. The van der Waals surface area contributed by atoms with Crippen LogP contribution >= 0.6 is 34.2 Å². The summed E-state index contributed by atoms with van der Waals surface area (Å²) >= 11 is 7.86. The Kier molecular flexibility index (Phi) is 4.69. The van der Waals surface area contributed by atoms with Crippen LogP contribution in [-0.4, -0.2) is 22.1 Å². The number of rotatable bonds is 3. The van der Waals surface area contributed by atoms with E-state index in [0.29, 0.717) is 3.57 Å². The molecule has 0 saturated carbocycles. The molecule has 0 bridgehead atoms. The summed E-state index contributed by atoms with van der Waals surface area (Å²) in [6.07, 6.45) is 0. The van der Waals surface area contributed by atoms with Crippen LogP contribution in [0.3, 0.4) is 0 Å². The first-order valence-electron chi connectivity index (χ1n) is 5.72. The van der Waals surface area contributed by atoms with Crippen LogP contribution in [0.5, 0.6) is 5.75 Å². The molecule has 0 spiro atoms. The van der Waals surface area contributed by atoms with Crippen LogP contribution in [0.4, 0.5) is 5.69 Å². The van der Waals surface area contributed by atoms with Crippen LogP contribution in [-0.2, 0) is 0 Å². The molecule has 5 nitrogen and oxygen atoms in total. The molecule has 2 aromatic rings. The molecule has 0 unspecified atom stereocenters. The molecule has 0 aliphatic heterocycles. The van der Waals surface area contributed by atoms with Gasteiger partial charge in [0, 0.05) is 5.56 Å². The van der Waals surface area contributed by atoms with E-state index in [1.807, 2.05) is 22.6 Å². The first-order chi connectivity index (χ1) is 9.90. The van der Waals surface area contributed by atoms with Crippen molar-refractivity contribution < 1.29 is 19.8 Å². The molecule has 2 rings (SSSR count). The summed E-state index contributed by atoms with van der Waals surface area (Å²) in [6, 6.07) is 8.71. The van der Waals surface area contributed by atoms with Crippen LogP contribution < -0.4 is 5.32 Å². The second kappa shape index (κ2) is 6.31. The quantitative estimate of drug-likeness (QED) is 0.666. The molecule has 3 N–H and O–H groups in total. The number of carboxylic acids is 1. The lowest BCUT2D eigenvalue weighted by molar-refractivity contribution is 0.0698. The number of anilines is 1. The van der Waals surface area contributed by atoms with Gasteiger partial charge in [-0.05, 0) is 52.9 Å². The van der Waals surface area contributed by atoms with E-state index in [0.717, 1.165) is 0 Å². The number of para-hydroxylation sites is 1. The molecular formula is C14H9ClINO4. The number of benzene rings is 2. The normalized spacial score (nSPS) is 10.2. The highest BCUT2D eigenvalue weighted by Gasteiger charge is 2.17. The van der Waals surface area contributed by atoms with Crippen molar-refractivity contribution >= 4 is 51.8 Å². The average molecular weight is 418 g/mol. The third-order valence-corrected chi connectivity index (χ3v) is 3.92. The molecule has 0 fully saturated rings. The first-order valence-corrected chi connectivity index (χ1v) is 7.17. The monoisotopic (exact) mass is 417 g/mol. The van der Waals surface area contributed by atoms with E-state index in [9.17, 15) is 14.7 Å². The van der Waals surface area contributed by atoms with Crippen LogP contribution in [0.2, 0.25) is 5.02 Å². The van der Waals surface area contributed by atoms with Gasteiger partial charge in [0.15, 0.2) is 0 Å². The first kappa shape index (κ1) is 15.6. The second-order valence-electron chi connectivity index (χ2n) is 4.09. The average Bonchev–Trinajstić information content (AvgIpc) is 2.43. The van der Waals surface area contributed by atoms with Gasteiger partial charge in [0.1, 0.15) is 5.75 Å². The third-order valence-electron chi connectivity index (χ3n) is 2.69. The summed E-state index contributed by atoms with van der Waals surface area (Å²) in [4.78, 5) is 23.3. The number of nitrogens with one attached hydrogen (secondary N) is 1. The largest absolute Gasteiger partial charge is 0.507 e. The molecule has 0 atom stereocenters. The Hall–Kier alpha value is -1.80. The number of halogens is 2. The Bertz CT molecular complexity index is 733.